The van der Waals surface area contributed by atoms with Crippen molar-refractivity contribution in [2.45, 2.75) is 0 Å². The number of aromatic nitrogens is 3. The molecule has 0 N–H and O–H groups in total. The molecule has 0 unspecified atom stereocenters. The van der Waals surface area contributed by atoms with Gasteiger partial charge < -0.3 is 30.3 Å². The molecule has 1 aromatic heterocycles. The summed E-state index contributed by atoms with van der Waals surface area (Å²) in [5.41, 5.74) is -1.79. The fourth-order valence-electron chi connectivity index (χ4n) is 0.700. The molecule has 0 bridgehead atoms. The van der Waals surface area contributed by atoms with Gasteiger partial charge in [0.05, 0.1) is 0 Å². The van der Waals surface area contributed by atoms with Crippen molar-refractivity contribution < 1.29 is 15.0 Å². The van der Waals surface area contributed by atoms with Crippen LogP contribution in [0, 0.1) is 30.3 Å². The largest absolute Gasteiger partial charge is 0.488 e. The molecular formula is C2N6O7. The third-order valence-corrected chi connectivity index (χ3v) is 1.20. The van der Waals surface area contributed by atoms with Gasteiger partial charge in [-0.25, -0.2) is 4.79 Å². The van der Waals surface area contributed by atoms with Crippen LogP contribution in [0.15, 0.2) is 4.79 Å². The Hall–Kier alpha value is -2.86. The van der Waals surface area contributed by atoms with Crippen molar-refractivity contribution in [2.24, 2.45) is 0 Å². The molecule has 1 rings (SSSR count). The molecule has 0 radical (unpaired) electrons. The Balaban J connectivity index is 3.61. The van der Waals surface area contributed by atoms with E-state index in [1.54, 1.807) is 0 Å². The SMILES string of the molecule is O=c1c([N+](=O)[O-])nn([N+](=O)[O-])n1[N+](=O)[O-]. The highest BCUT2D eigenvalue weighted by Gasteiger charge is 2.37. The Morgan fingerprint density at radius 1 is 1.07 bits per heavy atom. The third-order valence-electron chi connectivity index (χ3n) is 1.20. The zero-order valence-corrected chi connectivity index (χ0v) is 6.54. The highest BCUT2D eigenvalue weighted by molar-refractivity contribution is 5.09. The van der Waals surface area contributed by atoms with Crippen LogP contribution >= 0.6 is 0 Å². The van der Waals surface area contributed by atoms with Crippen LogP contribution < -0.4 is 5.56 Å². The number of hydrogen-bond donors (Lipinski definition) is 0. The minimum atomic E-state index is -1.79. The molecule has 0 aromatic carbocycles. The Kier molecular flexibility index (Phi) is 2.13. The molecular weight excluding hydrogens is 220 g/mol. The molecule has 1 aromatic rings. The van der Waals surface area contributed by atoms with E-state index >= 15 is 0 Å². The van der Waals surface area contributed by atoms with Crippen molar-refractivity contribution in [2.75, 3.05) is 0 Å². The average Bonchev–Trinajstić information content (AvgIpc) is 2.42. The van der Waals surface area contributed by atoms with Crippen molar-refractivity contribution in [1.29, 1.82) is 0 Å². The summed E-state index contributed by atoms with van der Waals surface area (Å²) in [6.45, 7) is 0. The lowest BCUT2D eigenvalue weighted by Gasteiger charge is -1.88. The Morgan fingerprint density at radius 2 is 1.60 bits per heavy atom. The van der Waals surface area contributed by atoms with Gasteiger partial charge in [-0.3, -0.25) is 0 Å². The molecule has 0 amide bonds. The molecule has 0 aliphatic rings. The van der Waals surface area contributed by atoms with Gasteiger partial charge in [-0.15, -0.1) is 0 Å². The van der Waals surface area contributed by atoms with Crippen LogP contribution in [0.25, 0.3) is 0 Å². The van der Waals surface area contributed by atoms with Crippen molar-refractivity contribution in [1.82, 2.24) is 14.8 Å². The number of nitro groups is 3. The van der Waals surface area contributed by atoms with Crippen LogP contribution in [0.2, 0.25) is 0 Å². The van der Waals surface area contributed by atoms with E-state index in [1.165, 1.54) is 0 Å². The number of nitrogens with zero attached hydrogens (tertiary/aromatic N) is 6. The van der Waals surface area contributed by atoms with Gasteiger partial charge in [-0.2, -0.15) is 0 Å². The van der Waals surface area contributed by atoms with Gasteiger partial charge >= 0.3 is 11.4 Å². The molecule has 15 heavy (non-hydrogen) atoms. The second-order valence-electron chi connectivity index (χ2n) is 2.02. The van der Waals surface area contributed by atoms with E-state index in [4.69, 9.17) is 0 Å². The summed E-state index contributed by atoms with van der Waals surface area (Å²) in [6, 6.07) is 0. The van der Waals surface area contributed by atoms with E-state index in [0.717, 1.165) is 0 Å². The molecule has 0 atom stereocenters. The minimum Gasteiger partial charge on any atom is -0.358 e. The van der Waals surface area contributed by atoms with Crippen LogP contribution in [0.3, 0.4) is 0 Å². The van der Waals surface area contributed by atoms with Crippen LogP contribution in [-0.2, 0) is 0 Å². The van der Waals surface area contributed by atoms with Crippen molar-refractivity contribution in [3.8, 4) is 0 Å². The standard InChI is InChI=1S/C2N6O7/c9-2-1(5(10)11)3-6(8(14)15)4(2)7(12)13. The van der Waals surface area contributed by atoms with E-state index in [-0.39, 0.29) is 0 Å². The molecule has 1 heterocycles. The summed E-state index contributed by atoms with van der Waals surface area (Å²) in [7, 11) is 0. The quantitative estimate of drug-likeness (QED) is 0.417. The fourth-order valence-corrected chi connectivity index (χ4v) is 0.700. The third kappa shape index (κ3) is 1.47. The van der Waals surface area contributed by atoms with Crippen molar-refractivity contribution in [3.63, 3.8) is 0 Å². The summed E-state index contributed by atoms with van der Waals surface area (Å²) in [5, 5.41) is 30.0. The number of hydrogen-bond acceptors (Lipinski definition) is 8. The van der Waals surface area contributed by atoms with E-state index in [1.807, 2.05) is 0 Å². The first kappa shape index (κ1) is 10.2. The van der Waals surface area contributed by atoms with Crippen molar-refractivity contribution in [3.05, 3.63) is 40.7 Å². The predicted molar refractivity (Wildman–Crippen MR) is 37.9 cm³/mol. The Morgan fingerprint density at radius 3 is 1.87 bits per heavy atom. The molecule has 13 heteroatoms. The Labute approximate surface area is 77.5 Å². The van der Waals surface area contributed by atoms with Crippen molar-refractivity contribution >= 4 is 5.82 Å². The van der Waals surface area contributed by atoms with E-state index in [0.29, 0.717) is 0 Å². The maximum atomic E-state index is 10.9. The summed E-state index contributed by atoms with van der Waals surface area (Å²) in [6.07, 6.45) is 0. The van der Waals surface area contributed by atoms with Gasteiger partial charge in [0.2, 0.25) is 0 Å². The van der Waals surface area contributed by atoms with Gasteiger partial charge in [-0.05, 0) is 4.92 Å². The van der Waals surface area contributed by atoms with Crippen LogP contribution in [0.5, 0.6) is 0 Å². The van der Waals surface area contributed by atoms with E-state index < -0.39 is 36.1 Å². The predicted octanol–water partition coefficient (Wildman–Crippen LogP) is -1.97. The molecule has 0 aliphatic heterocycles. The van der Waals surface area contributed by atoms with Gasteiger partial charge in [-0.1, -0.05) is 0 Å². The Bertz CT molecular complexity index is 508. The van der Waals surface area contributed by atoms with E-state index in [2.05, 4.69) is 5.10 Å². The lowest BCUT2D eigenvalue weighted by molar-refractivity contribution is -0.657. The topological polar surface area (TPSA) is 169 Å². The van der Waals surface area contributed by atoms with Gasteiger partial charge in [0.15, 0.2) is 9.89 Å². The lowest BCUT2D eigenvalue weighted by atomic mass is 10.8. The first-order valence-corrected chi connectivity index (χ1v) is 3.02. The molecule has 13 nitrogen and oxygen atoms in total. The van der Waals surface area contributed by atoms with Gasteiger partial charge in [0.25, 0.3) is 4.91 Å². The lowest BCUT2D eigenvalue weighted by Crippen LogP contribution is -2.33. The highest BCUT2D eigenvalue weighted by atomic mass is 16.7. The second-order valence-corrected chi connectivity index (χ2v) is 2.02. The summed E-state index contributed by atoms with van der Waals surface area (Å²) < 4.78 is 0. The van der Waals surface area contributed by atoms with E-state index in [9.17, 15) is 35.1 Å². The minimum absolute atomic E-state index is 0.625. The fraction of sp³-hybridized carbons (Fsp3) is 0. The smallest absolute Gasteiger partial charge is 0.358 e. The van der Waals surface area contributed by atoms with Crippen LogP contribution in [0.4, 0.5) is 5.82 Å². The van der Waals surface area contributed by atoms with Gasteiger partial charge in [0, 0.05) is 0 Å². The summed E-state index contributed by atoms with van der Waals surface area (Å²) in [4.78, 5) is 38.6. The first-order chi connectivity index (χ1) is 6.86. The average molecular weight is 220 g/mol. The summed E-state index contributed by atoms with van der Waals surface area (Å²) >= 11 is 0. The highest BCUT2D eigenvalue weighted by Crippen LogP contribution is 1.97. The molecule has 0 saturated carbocycles. The summed E-state index contributed by atoms with van der Waals surface area (Å²) in [5.74, 6) is -1.50. The maximum absolute atomic E-state index is 10.9. The zero-order chi connectivity index (χ0) is 11.7. The van der Waals surface area contributed by atoms with Gasteiger partial charge in [0.1, 0.15) is 10.1 Å². The van der Waals surface area contributed by atoms with Crippen LogP contribution in [0.1, 0.15) is 0 Å². The number of rotatable bonds is 3. The monoisotopic (exact) mass is 220 g/mol. The maximum Gasteiger partial charge on any atom is 0.488 e. The first-order valence-electron chi connectivity index (χ1n) is 3.02. The van der Waals surface area contributed by atoms with Crippen LogP contribution in [-0.4, -0.2) is 29.8 Å². The molecule has 80 valence electrons. The molecule has 0 spiro atoms. The normalized spacial score (nSPS) is 9.87. The molecule has 0 saturated heterocycles. The zero-order valence-electron chi connectivity index (χ0n) is 6.54. The molecule has 0 aliphatic carbocycles. The molecule has 0 fully saturated rings. The second kappa shape index (κ2) is 3.13.